The Morgan fingerprint density at radius 3 is 2.61 bits per heavy atom. The number of carbonyl (C=O) groups is 1. The van der Waals surface area contributed by atoms with Crippen molar-refractivity contribution < 1.29 is 4.79 Å². The van der Waals surface area contributed by atoms with E-state index in [2.05, 4.69) is 34.5 Å². The average molecular weight is 437 g/mol. The van der Waals surface area contributed by atoms with Gasteiger partial charge in [-0.05, 0) is 54.8 Å². The van der Waals surface area contributed by atoms with Gasteiger partial charge in [-0.25, -0.2) is 0 Å². The lowest BCUT2D eigenvalue weighted by Crippen LogP contribution is -2.29. The molecule has 2 aromatic rings. The second-order valence-electron chi connectivity index (χ2n) is 7.16. The van der Waals surface area contributed by atoms with Gasteiger partial charge in [-0.15, -0.1) is 11.8 Å². The summed E-state index contributed by atoms with van der Waals surface area (Å²) in [5.41, 5.74) is 3.46. The van der Waals surface area contributed by atoms with E-state index in [-0.39, 0.29) is 5.91 Å². The van der Waals surface area contributed by atoms with Gasteiger partial charge >= 0.3 is 0 Å². The van der Waals surface area contributed by atoms with Crippen LogP contribution in [-0.4, -0.2) is 29.6 Å². The van der Waals surface area contributed by atoms with Gasteiger partial charge in [0.05, 0.1) is 5.75 Å². The first-order chi connectivity index (χ1) is 13.6. The quantitative estimate of drug-likeness (QED) is 0.590. The Morgan fingerprint density at radius 2 is 1.82 bits per heavy atom. The Bertz CT molecular complexity index is 794. The number of hydrogen-bond donors (Lipinski definition) is 1. The summed E-state index contributed by atoms with van der Waals surface area (Å²) in [6.45, 7) is 3.94. The van der Waals surface area contributed by atoms with Crippen molar-refractivity contribution in [2.45, 2.75) is 38.1 Å². The molecule has 1 aliphatic heterocycles. The van der Waals surface area contributed by atoms with Gasteiger partial charge in [0.25, 0.3) is 0 Å². The number of hydrogen-bond acceptors (Lipinski definition) is 3. The zero-order chi connectivity index (χ0) is 19.8. The van der Waals surface area contributed by atoms with Gasteiger partial charge < -0.3 is 5.32 Å². The number of piperidine rings is 1. The Balaban J connectivity index is 1.40. The van der Waals surface area contributed by atoms with Crippen LogP contribution in [0.3, 0.4) is 0 Å². The number of rotatable bonds is 8. The fraction of sp³-hybridized carbons (Fsp3) is 0.409. The molecule has 0 spiro atoms. The first-order valence-electron chi connectivity index (χ1n) is 9.69. The van der Waals surface area contributed by atoms with Crippen molar-refractivity contribution in [2.75, 3.05) is 18.8 Å². The minimum Gasteiger partial charge on any atom is -0.351 e. The van der Waals surface area contributed by atoms with Crippen LogP contribution in [0, 0.1) is 0 Å². The number of benzene rings is 2. The lowest BCUT2D eigenvalue weighted by atomic mass is 10.1. The Morgan fingerprint density at radius 1 is 1.04 bits per heavy atom. The fourth-order valence-corrected chi connectivity index (χ4v) is 4.77. The van der Waals surface area contributed by atoms with Crippen LogP contribution in [0.25, 0.3) is 0 Å². The first-order valence-corrected chi connectivity index (χ1v) is 11.6. The highest BCUT2D eigenvalue weighted by Gasteiger charge is 2.11. The summed E-state index contributed by atoms with van der Waals surface area (Å²) in [5, 5.41) is 4.28. The van der Waals surface area contributed by atoms with E-state index in [4.69, 9.17) is 23.2 Å². The van der Waals surface area contributed by atoms with Crippen molar-refractivity contribution in [3.8, 4) is 0 Å². The molecule has 1 saturated heterocycles. The van der Waals surface area contributed by atoms with Crippen molar-refractivity contribution in [1.29, 1.82) is 0 Å². The molecule has 2 aromatic carbocycles. The summed E-state index contributed by atoms with van der Waals surface area (Å²) in [6.07, 6.45) is 3.95. The van der Waals surface area contributed by atoms with Crippen molar-refractivity contribution in [3.05, 3.63) is 69.2 Å². The Labute approximate surface area is 181 Å². The fourth-order valence-electron chi connectivity index (χ4n) is 3.36. The smallest absolute Gasteiger partial charge is 0.230 e. The molecule has 0 bridgehead atoms. The molecule has 1 heterocycles. The SMILES string of the molecule is O=C(CSCc1ccc(Cl)cc1Cl)NCc1cccc(CN2CCCCC2)c1. The largest absolute Gasteiger partial charge is 0.351 e. The molecule has 0 aromatic heterocycles. The zero-order valence-electron chi connectivity index (χ0n) is 15.9. The van der Waals surface area contributed by atoms with Crippen molar-refractivity contribution >= 4 is 40.9 Å². The number of amides is 1. The second-order valence-corrected chi connectivity index (χ2v) is 8.99. The van der Waals surface area contributed by atoms with Crippen LogP contribution in [0.2, 0.25) is 10.0 Å². The third-order valence-electron chi connectivity index (χ3n) is 4.84. The maximum absolute atomic E-state index is 12.2. The number of carbonyl (C=O) groups excluding carboxylic acids is 1. The van der Waals surface area contributed by atoms with E-state index in [1.807, 2.05) is 12.1 Å². The summed E-state index contributed by atoms with van der Waals surface area (Å²) >= 11 is 13.6. The first kappa shape index (κ1) is 21.5. The molecular weight excluding hydrogens is 411 g/mol. The van der Waals surface area contributed by atoms with Crippen LogP contribution in [-0.2, 0) is 23.6 Å². The normalized spacial score (nSPS) is 14.8. The molecular formula is C22H26Cl2N2OS. The molecule has 1 amide bonds. The molecule has 0 radical (unpaired) electrons. The number of likely N-dealkylation sites (tertiary alicyclic amines) is 1. The molecule has 3 nitrogen and oxygen atoms in total. The maximum atomic E-state index is 12.2. The van der Waals surface area contributed by atoms with Crippen molar-refractivity contribution in [1.82, 2.24) is 10.2 Å². The third kappa shape index (κ3) is 7.00. The van der Waals surface area contributed by atoms with Gasteiger partial charge in [-0.1, -0.05) is 60.0 Å². The van der Waals surface area contributed by atoms with E-state index >= 15 is 0 Å². The lowest BCUT2D eigenvalue weighted by Gasteiger charge is -2.26. The maximum Gasteiger partial charge on any atom is 0.230 e. The van der Waals surface area contributed by atoms with Crippen LogP contribution in [0.1, 0.15) is 36.0 Å². The van der Waals surface area contributed by atoms with E-state index in [9.17, 15) is 4.79 Å². The van der Waals surface area contributed by atoms with Crippen LogP contribution >= 0.6 is 35.0 Å². The molecule has 1 aliphatic rings. The average Bonchev–Trinajstić information content (AvgIpc) is 2.69. The Kier molecular flexibility index (Phi) is 8.53. The standard InChI is InChI=1S/C22H26Cl2N2OS/c23-20-8-7-19(21(24)12-20)15-28-16-22(27)25-13-17-5-4-6-18(11-17)14-26-9-2-1-3-10-26/h4-8,11-12H,1-3,9-10,13-16H2,(H,25,27). The molecule has 0 aliphatic carbocycles. The van der Waals surface area contributed by atoms with Crippen LogP contribution in [0.5, 0.6) is 0 Å². The van der Waals surface area contributed by atoms with Crippen LogP contribution in [0.15, 0.2) is 42.5 Å². The molecule has 1 fully saturated rings. The number of thioether (sulfide) groups is 1. The van der Waals surface area contributed by atoms with E-state index in [1.54, 1.807) is 17.8 Å². The van der Waals surface area contributed by atoms with E-state index in [0.29, 0.717) is 28.1 Å². The summed E-state index contributed by atoms with van der Waals surface area (Å²) in [4.78, 5) is 14.7. The van der Waals surface area contributed by atoms with Crippen LogP contribution in [0.4, 0.5) is 0 Å². The highest BCUT2D eigenvalue weighted by atomic mass is 35.5. The molecule has 1 N–H and O–H groups in total. The molecule has 0 unspecified atom stereocenters. The minimum absolute atomic E-state index is 0.0384. The number of halogens is 2. The predicted octanol–water partition coefficient (Wildman–Crippen LogP) is 5.53. The summed E-state index contributed by atoms with van der Waals surface area (Å²) in [5.74, 6) is 1.14. The molecule has 150 valence electrons. The molecule has 0 saturated carbocycles. The van der Waals surface area contributed by atoms with E-state index in [1.165, 1.54) is 37.9 Å². The third-order valence-corrected chi connectivity index (χ3v) is 6.41. The van der Waals surface area contributed by atoms with Gasteiger partial charge in [0.1, 0.15) is 0 Å². The molecule has 3 rings (SSSR count). The lowest BCUT2D eigenvalue weighted by molar-refractivity contribution is -0.118. The van der Waals surface area contributed by atoms with Gasteiger partial charge in [-0.2, -0.15) is 0 Å². The van der Waals surface area contributed by atoms with Crippen molar-refractivity contribution in [3.63, 3.8) is 0 Å². The molecule has 6 heteroatoms. The summed E-state index contributed by atoms with van der Waals surface area (Å²) < 4.78 is 0. The minimum atomic E-state index is 0.0384. The highest BCUT2D eigenvalue weighted by Crippen LogP contribution is 2.24. The number of nitrogens with zero attached hydrogens (tertiary/aromatic N) is 1. The topological polar surface area (TPSA) is 32.3 Å². The van der Waals surface area contributed by atoms with E-state index < -0.39 is 0 Å². The monoisotopic (exact) mass is 436 g/mol. The van der Waals surface area contributed by atoms with Gasteiger partial charge in [0.15, 0.2) is 0 Å². The van der Waals surface area contributed by atoms with Gasteiger partial charge in [0.2, 0.25) is 5.91 Å². The van der Waals surface area contributed by atoms with Crippen LogP contribution < -0.4 is 5.32 Å². The van der Waals surface area contributed by atoms with Gasteiger partial charge in [-0.3, -0.25) is 9.69 Å². The molecule has 28 heavy (non-hydrogen) atoms. The summed E-state index contributed by atoms with van der Waals surface area (Å²) in [7, 11) is 0. The molecule has 0 atom stereocenters. The predicted molar refractivity (Wildman–Crippen MR) is 120 cm³/mol. The highest BCUT2D eigenvalue weighted by molar-refractivity contribution is 7.99. The van der Waals surface area contributed by atoms with E-state index in [0.717, 1.165) is 17.7 Å². The van der Waals surface area contributed by atoms with Crippen molar-refractivity contribution in [2.24, 2.45) is 0 Å². The number of nitrogens with one attached hydrogen (secondary N) is 1. The van der Waals surface area contributed by atoms with Gasteiger partial charge in [0, 0.05) is 28.9 Å². The summed E-state index contributed by atoms with van der Waals surface area (Å²) in [6, 6.07) is 14.0. The zero-order valence-corrected chi connectivity index (χ0v) is 18.3. The Hall–Kier alpha value is -1.20. The second kappa shape index (κ2) is 11.1.